The van der Waals surface area contributed by atoms with E-state index in [-0.39, 0.29) is 0 Å². The highest BCUT2D eigenvalue weighted by Crippen LogP contribution is 2.36. The second-order valence-corrected chi connectivity index (χ2v) is 5.52. The van der Waals surface area contributed by atoms with Crippen LogP contribution in [0.3, 0.4) is 0 Å². The molecule has 5 heteroatoms. The van der Waals surface area contributed by atoms with E-state index in [0.29, 0.717) is 18.3 Å². The molecule has 1 fully saturated rings. The molecule has 0 amide bonds. The van der Waals surface area contributed by atoms with Gasteiger partial charge >= 0.3 is 0 Å². The Balaban J connectivity index is 1.98. The van der Waals surface area contributed by atoms with Gasteiger partial charge in [0.25, 0.3) is 0 Å². The summed E-state index contributed by atoms with van der Waals surface area (Å²) in [5.41, 5.74) is 7.86. The van der Waals surface area contributed by atoms with Crippen LogP contribution in [0.15, 0.2) is 24.3 Å². The summed E-state index contributed by atoms with van der Waals surface area (Å²) >= 11 is 0. The van der Waals surface area contributed by atoms with Gasteiger partial charge in [0, 0.05) is 11.5 Å². The summed E-state index contributed by atoms with van der Waals surface area (Å²) in [4.78, 5) is 4.72. The average molecular weight is 286 g/mol. The fourth-order valence-corrected chi connectivity index (χ4v) is 3.05. The number of nitrogens with zero attached hydrogens (tertiary/aromatic N) is 2. The molecule has 3 rings (SSSR count). The van der Waals surface area contributed by atoms with Gasteiger partial charge < -0.3 is 16.3 Å². The van der Waals surface area contributed by atoms with Gasteiger partial charge in [-0.05, 0) is 31.9 Å². The highest BCUT2D eigenvalue weighted by atomic mass is 16.5. The number of nitrogen functional groups attached to an aromatic ring is 2. The smallest absolute Gasteiger partial charge is 0.150 e. The Labute approximate surface area is 124 Å². The molecule has 0 atom stereocenters. The molecule has 0 radical (unpaired) electrons. The number of hydrogen-bond donors (Lipinski definition) is 2. The van der Waals surface area contributed by atoms with Crippen LogP contribution in [0.1, 0.15) is 44.3 Å². The molecule has 0 bridgehead atoms. The van der Waals surface area contributed by atoms with E-state index in [9.17, 15) is 0 Å². The van der Waals surface area contributed by atoms with Crippen molar-refractivity contribution in [3.63, 3.8) is 0 Å². The second kappa shape index (κ2) is 5.68. The summed E-state index contributed by atoms with van der Waals surface area (Å²) in [6, 6.07) is 7.82. The molecular weight excluding hydrogens is 264 g/mol. The predicted molar refractivity (Wildman–Crippen MR) is 84.6 cm³/mol. The van der Waals surface area contributed by atoms with Gasteiger partial charge in [-0.15, -0.1) is 0 Å². The summed E-state index contributed by atoms with van der Waals surface area (Å²) in [7, 11) is 0. The molecule has 0 aliphatic heterocycles. The second-order valence-electron chi connectivity index (χ2n) is 5.52. The van der Waals surface area contributed by atoms with E-state index in [2.05, 4.69) is 0 Å². The maximum atomic E-state index is 6.16. The van der Waals surface area contributed by atoms with Crippen LogP contribution in [-0.2, 0) is 0 Å². The summed E-state index contributed by atoms with van der Waals surface area (Å²) < 4.78 is 7.09. The summed E-state index contributed by atoms with van der Waals surface area (Å²) in [6.45, 7) is 2.60. The minimum Gasteiger partial charge on any atom is -0.494 e. The fraction of sp³-hybridized carbons (Fsp3) is 0.438. The van der Waals surface area contributed by atoms with Crippen LogP contribution in [-0.4, -0.2) is 16.3 Å². The van der Waals surface area contributed by atoms with Crippen LogP contribution in [0.5, 0.6) is 5.75 Å². The summed E-state index contributed by atoms with van der Waals surface area (Å²) in [5, 5.41) is 0. The summed E-state index contributed by atoms with van der Waals surface area (Å²) in [5.74, 6) is 8.79. The maximum Gasteiger partial charge on any atom is 0.150 e. The molecule has 4 N–H and O–H groups in total. The van der Waals surface area contributed by atoms with Crippen LogP contribution in [0.2, 0.25) is 0 Å². The number of ether oxygens (including phenoxy) is 1. The van der Waals surface area contributed by atoms with Crippen LogP contribution in [0, 0.1) is 0 Å². The number of aromatic nitrogens is 2. The molecule has 1 heterocycles. The molecule has 21 heavy (non-hydrogen) atoms. The molecule has 0 spiro atoms. The van der Waals surface area contributed by atoms with E-state index in [4.69, 9.17) is 21.3 Å². The Morgan fingerprint density at radius 3 is 2.81 bits per heavy atom. The lowest BCUT2D eigenvalue weighted by Gasteiger charge is -2.08. The number of rotatable bonds is 4. The first kappa shape index (κ1) is 13.8. The maximum absolute atomic E-state index is 6.16. The Morgan fingerprint density at radius 1 is 1.33 bits per heavy atom. The third-order valence-corrected chi connectivity index (χ3v) is 4.11. The van der Waals surface area contributed by atoms with Gasteiger partial charge in [0.15, 0.2) is 5.82 Å². The summed E-state index contributed by atoms with van der Waals surface area (Å²) in [6.07, 6.45) is 4.78. The van der Waals surface area contributed by atoms with E-state index in [1.54, 1.807) is 4.68 Å². The molecular formula is C16H22N4O. The molecule has 112 valence electrons. The predicted octanol–water partition coefficient (Wildman–Crippen LogP) is 2.90. The van der Waals surface area contributed by atoms with E-state index >= 15 is 0 Å². The van der Waals surface area contributed by atoms with Crippen molar-refractivity contribution < 1.29 is 4.74 Å². The highest BCUT2D eigenvalue weighted by Gasteiger charge is 2.25. The van der Waals surface area contributed by atoms with Crippen LogP contribution >= 0.6 is 0 Å². The van der Waals surface area contributed by atoms with Gasteiger partial charge in [0.1, 0.15) is 17.3 Å². The van der Waals surface area contributed by atoms with E-state index in [1.165, 1.54) is 12.8 Å². The van der Waals surface area contributed by atoms with Crippen molar-refractivity contribution in [3.05, 3.63) is 30.1 Å². The molecule has 1 aromatic carbocycles. The van der Waals surface area contributed by atoms with Crippen molar-refractivity contribution in [3.8, 4) is 17.0 Å². The molecule has 0 unspecified atom stereocenters. The van der Waals surface area contributed by atoms with Crippen molar-refractivity contribution in [1.29, 1.82) is 0 Å². The molecule has 1 saturated carbocycles. The van der Waals surface area contributed by atoms with Gasteiger partial charge in [0.05, 0.1) is 6.61 Å². The minimum absolute atomic E-state index is 0.432. The third kappa shape index (κ3) is 2.55. The molecule has 1 aliphatic rings. The monoisotopic (exact) mass is 286 g/mol. The van der Waals surface area contributed by atoms with Gasteiger partial charge in [-0.2, -0.15) is 0 Å². The SMILES string of the molecule is CCOc1cccc(-c2nc(C3CCCC3)n(N)c2N)c1. The van der Waals surface area contributed by atoms with Crippen molar-refractivity contribution >= 4 is 5.82 Å². The lowest BCUT2D eigenvalue weighted by molar-refractivity contribution is 0.340. The molecule has 0 saturated heterocycles. The van der Waals surface area contributed by atoms with E-state index in [0.717, 1.165) is 35.7 Å². The van der Waals surface area contributed by atoms with Crippen molar-refractivity contribution in [2.24, 2.45) is 0 Å². The van der Waals surface area contributed by atoms with Gasteiger partial charge in [-0.25, -0.2) is 9.66 Å². The number of anilines is 1. The zero-order valence-corrected chi connectivity index (χ0v) is 12.4. The van der Waals surface area contributed by atoms with E-state index < -0.39 is 0 Å². The average Bonchev–Trinajstić information content (AvgIpc) is 3.10. The molecule has 1 aromatic heterocycles. The zero-order valence-electron chi connectivity index (χ0n) is 12.4. The Hall–Kier alpha value is -2.17. The molecule has 5 nitrogen and oxygen atoms in total. The normalized spacial score (nSPS) is 15.5. The first-order valence-electron chi connectivity index (χ1n) is 7.57. The molecule has 1 aliphatic carbocycles. The Kier molecular flexibility index (Phi) is 3.73. The lowest BCUT2D eigenvalue weighted by atomic mass is 10.1. The third-order valence-electron chi connectivity index (χ3n) is 4.11. The first-order chi connectivity index (χ1) is 10.2. The van der Waals surface area contributed by atoms with Crippen LogP contribution in [0.4, 0.5) is 5.82 Å². The van der Waals surface area contributed by atoms with Gasteiger partial charge in [-0.1, -0.05) is 25.0 Å². The van der Waals surface area contributed by atoms with Crippen molar-refractivity contribution in [1.82, 2.24) is 9.66 Å². The quantitative estimate of drug-likeness (QED) is 0.847. The highest BCUT2D eigenvalue weighted by molar-refractivity contribution is 5.72. The number of nitrogens with two attached hydrogens (primary N) is 2. The van der Waals surface area contributed by atoms with Gasteiger partial charge in [-0.3, -0.25) is 0 Å². The zero-order chi connectivity index (χ0) is 14.8. The Morgan fingerprint density at radius 2 is 2.10 bits per heavy atom. The topological polar surface area (TPSA) is 79.1 Å². The van der Waals surface area contributed by atoms with Crippen LogP contribution < -0.4 is 16.3 Å². The van der Waals surface area contributed by atoms with E-state index in [1.807, 2.05) is 31.2 Å². The first-order valence-corrected chi connectivity index (χ1v) is 7.57. The lowest BCUT2D eigenvalue weighted by Crippen LogP contribution is -2.17. The largest absolute Gasteiger partial charge is 0.494 e. The van der Waals surface area contributed by atoms with Crippen molar-refractivity contribution in [2.75, 3.05) is 18.2 Å². The minimum atomic E-state index is 0.432. The van der Waals surface area contributed by atoms with Crippen LogP contribution in [0.25, 0.3) is 11.3 Å². The standard InChI is InChI=1S/C16H22N4O/c1-2-21-13-9-5-8-12(10-13)14-15(17)20(18)16(19-14)11-6-3-4-7-11/h5,8-11H,2-4,6-7,17-18H2,1H3. The number of imidazole rings is 1. The molecule has 2 aromatic rings. The Bertz CT molecular complexity index is 629. The van der Waals surface area contributed by atoms with Crippen molar-refractivity contribution in [2.45, 2.75) is 38.5 Å². The fourth-order valence-electron chi connectivity index (χ4n) is 3.05. The van der Waals surface area contributed by atoms with Gasteiger partial charge in [0.2, 0.25) is 0 Å². The number of hydrogen-bond acceptors (Lipinski definition) is 4. The number of benzene rings is 1.